The van der Waals surface area contributed by atoms with Gasteiger partial charge in [-0.2, -0.15) is 0 Å². The lowest BCUT2D eigenvalue weighted by molar-refractivity contribution is 0.350. The van der Waals surface area contributed by atoms with Gasteiger partial charge in [0.2, 0.25) is 10.0 Å². The molecule has 0 saturated heterocycles. The fourth-order valence-corrected chi connectivity index (χ4v) is 3.41. The zero-order chi connectivity index (χ0) is 14.8. The van der Waals surface area contributed by atoms with Crippen LogP contribution in [0.2, 0.25) is 0 Å². The summed E-state index contributed by atoms with van der Waals surface area (Å²) in [5.74, 6) is 0. The third-order valence-electron chi connectivity index (χ3n) is 3.28. The first-order valence-corrected chi connectivity index (χ1v) is 8.42. The van der Waals surface area contributed by atoms with E-state index < -0.39 is 10.0 Å². The van der Waals surface area contributed by atoms with Crippen molar-refractivity contribution in [1.82, 2.24) is 4.72 Å². The van der Waals surface area contributed by atoms with Gasteiger partial charge in [0, 0.05) is 16.7 Å². The molecule has 1 aromatic carbocycles. The van der Waals surface area contributed by atoms with Crippen molar-refractivity contribution in [3.8, 4) is 0 Å². The van der Waals surface area contributed by atoms with E-state index in [1.807, 2.05) is 20.8 Å². The molecule has 3 N–H and O–H groups in total. The standard InChI is InChI=1S/C13H21BrN2O2S/c1-5-13(3,4)8-16-19(17,18)12-7-11(15)10(14)6-9(12)2/h6-7,16H,5,8,15H2,1-4H3. The van der Waals surface area contributed by atoms with Gasteiger partial charge in [0.15, 0.2) is 0 Å². The maximum absolute atomic E-state index is 12.3. The van der Waals surface area contributed by atoms with E-state index in [1.165, 1.54) is 6.07 Å². The van der Waals surface area contributed by atoms with E-state index in [2.05, 4.69) is 20.7 Å². The number of hydrogen-bond acceptors (Lipinski definition) is 3. The molecule has 0 fully saturated rings. The first kappa shape index (κ1) is 16.5. The van der Waals surface area contributed by atoms with Crippen molar-refractivity contribution in [1.29, 1.82) is 0 Å². The van der Waals surface area contributed by atoms with E-state index in [9.17, 15) is 8.42 Å². The molecule has 1 rings (SSSR count). The molecule has 0 aliphatic heterocycles. The van der Waals surface area contributed by atoms with Crippen LogP contribution in [0.5, 0.6) is 0 Å². The Kier molecular flexibility index (Phi) is 5.03. The van der Waals surface area contributed by atoms with Crippen LogP contribution in [0.4, 0.5) is 5.69 Å². The Morgan fingerprint density at radius 2 is 1.95 bits per heavy atom. The van der Waals surface area contributed by atoms with Gasteiger partial charge in [0.05, 0.1) is 4.90 Å². The number of nitrogens with two attached hydrogens (primary N) is 1. The maximum atomic E-state index is 12.3. The predicted molar refractivity (Wildman–Crippen MR) is 82.6 cm³/mol. The topological polar surface area (TPSA) is 72.2 Å². The van der Waals surface area contributed by atoms with Crippen LogP contribution in [-0.4, -0.2) is 15.0 Å². The van der Waals surface area contributed by atoms with Gasteiger partial charge in [-0.15, -0.1) is 0 Å². The molecular formula is C13H21BrN2O2S. The molecular weight excluding hydrogens is 328 g/mol. The van der Waals surface area contributed by atoms with Gasteiger partial charge < -0.3 is 5.73 Å². The summed E-state index contributed by atoms with van der Waals surface area (Å²) < 4.78 is 28.0. The number of halogens is 1. The lowest BCUT2D eigenvalue weighted by Crippen LogP contribution is -2.34. The van der Waals surface area contributed by atoms with E-state index in [0.29, 0.717) is 22.3 Å². The summed E-state index contributed by atoms with van der Waals surface area (Å²) >= 11 is 3.29. The second kappa shape index (κ2) is 5.81. The highest BCUT2D eigenvalue weighted by Gasteiger charge is 2.22. The van der Waals surface area contributed by atoms with E-state index in [-0.39, 0.29) is 10.3 Å². The minimum absolute atomic E-state index is 0.0676. The molecule has 0 aromatic heterocycles. The van der Waals surface area contributed by atoms with Gasteiger partial charge in [0.25, 0.3) is 0 Å². The molecule has 0 aliphatic carbocycles. The Hall–Kier alpha value is -0.590. The number of sulfonamides is 1. The highest BCUT2D eigenvalue weighted by Crippen LogP contribution is 2.27. The van der Waals surface area contributed by atoms with Crippen molar-refractivity contribution in [3.63, 3.8) is 0 Å². The van der Waals surface area contributed by atoms with Gasteiger partial charge >= 0.3 is 0 Å². The Labute approximate surface area is 124 Å². The fraction of sp³-hybridized carbons (Fsp3) is 0.538. The van der Waals surface area contributed by atoms with Gasteiger partial charge in [0.1, 0.15) is 0 Å². The average molecular weight is 349 g/mol. The van der Waals surface area contributed by atoms with Crippen molar-refractivity contribution in [2.45, 2.75) is 39.0 Å². The molecule has 0 atom stereocenters. The average Bonchev–Trinajstić information content (AvgIpc) is 2.31. The zero-order valence-electron chi connectivity index (χ0n) is 11.7. The molecule has 19 heavy (non-hydrogen) atoms. The first-order valence-electron chi connectivity index (χ1n) is 6.14. The van der Waals surface area contributed by atoms with Crippen LogP contribution >= 0.6 is 15.9 Å². The van der Waals surface area contributed by atoms with Crippen LogP contribution in [0, 0.1) is 12.3 Å². The molecule has 0 heterocycles. The normalized spacial score (nSPS) is 12.7. The number of aryl methyl sites for hydroxylation is 1. The number of nitrogen functional groups attached to an aromatic ring is 1. The Bertz CT molecular complexity index is 568. The summed E-state index contributed by atoms with van der Waals surface area (Å²) in [5, 5.41) is 0. The van der Waals surface area contributed by atoms with Crippen molar-refractivity contribution >= 4 is 31.6 Å². The molecule has 0 saturated carbocycles. The molecule has 4 nitrogen and oxygen atoms in total. The lowest BCUT2D eigenvalue weighted by atomic mass is 9.91. The molecule has 0 aliphatic rings. The molecule has 0 radical (unpaired) electrons. The summed E-state index contributed by atoms with van der Waals surface area (Å²) in [7, 11) is -3.52. The van der Waals surface area contributed by atoms with E-state index in [4.69, 9.17) is 5.73 Å². The molecule has 0 unspecified atom stereocenters. The largest absolute Gasteiger partial charge is 0.398 e. The number of anilines is 1. The minimum atomic E-state index is -3.52. The quantitative estimate of drug-likeness (QED) is 0.803. The molecule has 6 heteroatoms. The summed E-state index contributed by atoms with van der Waals surface area (Å²) in [6.07, 6.45) is 0.900. The zero-order valence-corrected chi connectivity index (χ0v) is 14.2. The summed E-state index contributed by atoms with van der Waals surface area (Å²) in [5.41, 5.74) is 6.77. The second-order valence-electron chi connectivity index (χ2n) is 5.48. The van der Waals surface area contributed by atoms with E-state index >= 15 is 0 Å². The van der Waals surface area contributed by atoms with Crippen LogP contribution in [0.1, 0.15) is 32.8 Å². The van der Waals surface area contributed by atoms with Gasteiger partial charge in [-0.05, 0) is 52.4 Å². The first-order chi connectivity index (χ1) is 8.59. The van der Waals surface area contributed by atoms with Crippen molar-refractivity contribution < 1.29 is 8.42 Å². The van der Waals surface area contributed by atoms with Crippen molar-refractivity contribution in [3.05, 3.63) is 22.2 Å². The molecule has 0 amide bonds. The van der Waals surface area contributed by atoms with Crippen LogP contribution in [0.3, 0.4) is 0 Å². The summed E-state index contributed by atoms with van der Waals surface area (Å²) in [6, 6.07) is 3.20. The molecule has 0 bridgehead atoms. The van der Waals surface area contributed by atoms with E-state index in [1.54, 1.807) is 13.0 Å². The van der Waals surface area contributed by atoms with Crippen LogP contribution in [0.15, 0.2) is 21.5 Å². The number of hydrogen-bond donors (Lipinski definition) is 2. The summed E-state index contributed by atoms with van der Waals surface area (Å²) in [4.78, 5) is 0.236. The van der Waals surface area contributed by atoms with Crippen LogP contribution < -0.4 is 10.5 Å². The van der Waals surface area contributed by atoms with E-state index in [0.717, 1.165) is 6.42 Å². The Morgan fingerprint density at radius 3 is 2.47 bits per heavy atom. The summed E-state index contributed by atoms with van der Waals surface area (Å²) in [6.45, 7) is 8.25. The Balaban J connectivity index is 3.05. The number of benzene rings is 1. The maximum Gasteiger partial charge on any atom is 0.240 e. The van der Waals surface area contributed by atoms with Crippen LogP contribution in [-0.2, 0) is 10.0 Å². The van der Waals surface area contributed by atoms with Gasteiger partial charge in [-0.1, -0.05) is 20.8 Å². The fourth-order valence-electron chi connectivity index (χ4n) is 1.45. The third kappa shape index (κ3) is 4.19. The van der Waals surface area contributed by atoms with Crippen molar-refractivity contribution in [2.75, 3.05) is 12.3 Å². The van der Waals surface area contributed by atoms with Crippen molar-refractivity contribution in [2.24, 2.45) is 5.41 Å². The van der Waals surface area contributed by atoms with Gasteiger partial charge in [-0.3, -0.25) is 0 Å². The molecule has 1 aromatic rings. The SMILES string of the molecule is CCC(C)(C)CNS(=O)(=O)c1cc(N)c(Br)cc1C. The second-order valence-corrected chi connectivity index (χ2v) is 8.07. The number of rotatable bonds is 5. The molecule has 108 valence electrons. The van der Waals surface area contributed by atoms with Crippen LogP contribution in [0.25, 0.3) is 0 Å². The van der Waals surface area contributed by atoms with Gasteiger partial charge in [-0.25, -0.2) is 13.1 Å². The Morgan fingerprint density at radius 1 is 1.37 bits per heavy atom. The third-order valence-corrected chi connectivity index (χ3v) is 5.51. The smallest absolute Gasteiger partial charge is 0.240 e. The number of nitrogens with one attached hydrogen (secondary N) is 1. The minimum Gasteiger partial charge on any atom is -0.398 e. The highest BCUT2D eigenvalue weighted by molar-refractivity contribution is 9.10. The lowest BCUT2D eigenvalue weighted by Gasteiger charge is -2.23. The molecule has 0 spiro atoms. The predicted octanol–water partition coefficient (Wildman–Crippen LogP) is 3.05. The highest BCUT2D eigenvalue weighted by atomic mass is 79.9. The monoisotopic (exact) mass is 348 g/mol.